The summed E-state index contributed by atoms with van der Waals surface area (Å²) in [5.74, 6) is -0.468. The third-order valence-electron chi connectivity index (χ3n) is 12.1. The predicted molar refractivity (Wildman–Crippen MR) is 250 cm³/mol. The molecule has 3 atom stereocenters. The van der Waals surface area contributed by atoms with Crippen LogP contribution in [-0.4, -0.2) is 46.9 Å². The van der Waals surface area contributed by atoms with E-state index in [1.807, 2.05) is 0 Å². The van der Waals surface area contributed by atoms with E-state index in [0.29, 0.717) is 19.3 Å². The molecule has 0 aliphatic rings. The maximum atomic E-state index is 13.2. The first-order valence-corrected chi connectivity index (χ1v) is 25.9. The first-order valence-electron chi connectivity index (χ1n) is 25.9. The lowest BCUT2D eigenvalue weighted by Crippen LogP contribution is -2.46. The molecule has 0 spiro atoms. The molecule has 0 aromatic rings. The van der Waals surface area contributed by atoms with Crippen molar-refractivity contribution in [2.24, 2.45) is 0 Å². The van der Waals surface area contributed by atoms with E-state index in [1.165, 1.54) is 186 Å². The van der Waals surface area contributed by atoms with Gasteiger partial charge in [-0.25, -0.2) is 0 Å². The molecule has 6 heteroatoms. The highest BCUT2D eigenvalue weighted by molar-refractivity contribution is 5.77. The monoisotopic (exact) mass is 820 g/mol. The summed E-state index contributed by atoms with van der Waals surface area (Å²) in [6.45, 7) is 6.47. The van der Waals surface area contributed by atoms with Crippen LogP contribution in [0.4, 0.5) is 0 Å². The zero-order chi connectivity index (χ0) is 42.4. The third kappa shape index (κ3) is 41.3. The minimum absolute atomic E-state index is 0.0814. The maximum absolute atomic E-state index is 13.2. The average molecular weight is 820 g/mol. The molecule has 0 saturated heterocycles. The zero-order valence-corrected chi connectivity index (χ0v) is 39.2. The van der Waals surface area contributed by atoms with Crippen LogP contribution >= 0.6 is 0 Å². The van der Waals surface area contributed by atoms with Gasteiger partial charge in [0.25, 0.3) is 0 Å². The van der Waals surface area contributed by atoms with Crippen LogP contribution in [-0.2, 0) is 14.3 Å². The van der Waals surface area contributed by atoms with E-state index >= 15 is 0 Å². The number of amides is 1. The van der Waals surface area contributed by atoms with E-state index < -0.39 is 18.2 Å². The third-order valence-corrected chi connectivity index (χ3v) is 12.1. The van der Waals surface area contributed by atoms with Crippen molar-refractivity contribution < 1.29 is 24.5 Å². The molecule has 3 N–H and O–H groups in total. The summed E-state index contributed by atoms with van der Waals surface area (Å²) in [6, 6.07) is -0.695. The van der Waals surface area contributed by atoms with Crippen LogP contribution in [0.15, 0.2) is 12.2 Å². The highest BCUT2D eigenvalue weighted by atomic mass is 16.5. The highest BCUT2D eigenvalue weighted by Crippen LogP contribution is 2.18. The van der Waals surface area contributed by atoms with Gasteiger partial charge in [0.15, 0.2) is 0 Å². The van der Waals surface area contributed by atoms with Gasteiger partial charge in [0.2, 0.25) is 5.91 Å². The quantitative estimate of drug-likeness (QED) is 0.0323. The van der Waals surface area contributed by atoms with Gasteiger partial charge in [-0.15, -0.1) is 0 Å². The van der Waals surface area contributed by atoms with Crippen LogP contribution in [0, 0.1) is 0 Å². The Hall–Kier alpha value is -1.40. The second-order valence-electron chi connectivity index (χ2n) is 17.9. The number of allylic oxidation sites excluding steroid dienone is 2. The largest absolute Gasteiger partial charge is 0.462 e. The van der Waals surface area contributed by atoms with Crippen LogP contribution < -0.4 is 5.32 Å². The van der Waals surface area contributed by atoms with Crippen LogP contribution in [0.1, 0.15) is 284 Å². The summed E-state index contributed by atoms with van der Waals surface area (Å²) in [5, 5.41) is 23.7. The lowest BCUT2D eigenvalue weighted by molar-refractivity contribution is -0.151. The van der Waals surface area contributed by atoms with Gasteiger partial charge in [-0.05, 0) is 51.4 Å². The fraction of sp³-hybridized carbons (Fsp3) is 0.923. The number of unbranched alkanes of at least 4 members (excludes halogenated alkanes) is 33. The molecule has 1 amide bonds. The van der Waals surface area contributed by atoms with Crippen LogP contribution in [0.3, 0.4) is 0 Å². The zero-order valence-electron chi connectivity index (χ0n) is 39.2. The van der Waals surface area contributed by atoms with Crippen LogP contribution in [0.25, 0.3) is 0 Å². The molecule has 0 fully saturated rings. The summed E-state index contributed by atoms with van der Waals surface area (Å²) in [5.41, 5.74) is 0. The van der Waals surface area contributed by atoms with E-state index in [0.717, 1.165) is 51.4 Å². The molecule has 58 heavy (non-hydrogen) atoms. The molecule has 0 radical (unpaired) electrons. The van der Waals surface area contributed by atoms with Crippen molar-refractivity contribution in [3.8, 4) is 0 Å². The number of carbonyl (C=O) groups is 2. The molecule has 0 saturated carbocycles. The van der Waals surface area contributed by atoms with Crippen molar-refractivity contribution in [1.29, 1.82) is 0 Å². The van der Waals surface area contributed by atoms with Crippen molar-refractivity contribution in [3.05, 3.63) is 12.2 Å². The summed E-state index contributed by atoms with van der Waals surface area (Å²) < 4.78 is 5.93. The van der Waals surface area contributed by atoms with Crippen LogP contribution in [0.2, 0.25) is 0 Å². The summed E-state index contributed by atoms with van der Waals surface area (Å²) >= 11 is 0. The van der Waals surface area contributed by atoms with Gasteiger partial charge in [0.05, 0.1) is 25.2 Å². The molecule has 0 heterocycles. The summed E-state index contributed by atoms with van der Waals surface area (Å²) in [4.78, 5) is 26.1. The van der Waals surface area contributed by atoms with Gasteiger partial charge in [-0.2, -0.15) is 0 Å². The standard InChI is InChI=1S/C52H101NO5/c1-4-7-10-13-16-19-22-24-25-26-27-28-29-31-34-37-40-43-48(58-52(57)45-42-39-36-33-30-23-20-17-14-11-8-5-2)46-51(56)53-49(47-54)50(55)44-41-38-35-32-21-18-15-12-9-6-3/h17,20,48-50,54-55H,4-16,18-19,21-47H2,1-3H3,(H,53,56)/b20-17-. The number of hydrogen-bond acceptors (Lipinski definition) is 5. The first kappa shape index (κ1) is 56.6. The Labute approximate surface area is 361 Å². The van der Waals surface area contributed by atoms with Crippen molar-refractivity contribution in [3.63, 3.8) is 0 Å². The van der Waals surface area contributed by atoms with E-state index in [-0.39, 0.29) is 24.9 Å². The van der Waals surface area contributed by atoms with Gasteiger partial charge in [0.1, 0.15) is 6.10 Å². The number of nitrogens with one attached hydrogen (secondary N) is 1. The van der Waals surface area contributed by atoms with Crippen molar-refractivity contribution in [2.75, 3.05) is 6.61 Å². The number of ether oxygens (including phenoxy) is 1. The van der Waals surface area contributed by atoms with Gasteiger partial charge in [-0.1, -0.05) is 232 Å². The second-order valence-corrected chi connectivity index (χ2v) is 17.9. The number of esters is 1. The van der Waals surface area contributed by atoms with Gasteiger partial charge >= 0.3 is 5.97 Å². The number of aliphatic hydroxyl groups is 2. The maximum Gasteiger partial charge on any atom is 0.306 e. The number of rotatable bonds is 47. The van der Waals surface area contributed by atoms with Crippen molar-refractivity contribution >= 4 is 11.9 Å². The Morgan fingerprint density at radius 2 is 0.828 bits per heavy atom. The first-order chi connectivity index (χ1) is 28.5. The topological polar surface area (TPSA) is 95.9 Å². The molecule has 6 nitrogen and oxygen atoms in total. The molecular weight excluding hydrogens is 719 g/mol. The minimum atomic E-state index is -0.782. The average Bonchev–Trinajstić information content (AvgIpc) is 3.22. The Kier molecular flexibility index (Phi) is 45.5. The molecule has 0 bridgehead atoms. The Bertz CT molecular complexity index is 878. The second kappa shape index (κ2) is 46.7. The number of hydrogen-bond donors (Lipinski definition) is 3. The Morgan fingerprint density at radius 1 is 0.483 bits per heavy atom. The molecule has 0 aliphatic heterocycles. The van der Waals surface area contributed by atoms with Gasteiger partial charge in [0, 0.05) is 6.42 Å². The highest BCUT2D eigenvalue weighted by Gasteiger charge is 2.24. The Balaban J connectivity index is 4.53. The molecule has 0 rings (SSSR count). The fourth-order valence-corrected chi connectivity index (χ4v) is 8.13. The minimum Gasteiger partial charge on any atom is -0.462 e. The van der Waals surface area contributed by atoms with E-state index in [4.69, 9.17) is 4.74 Å². The van der Waals surface area contributed by atoms with E-state index in [9.17, 15) is 19.8 Å². The fourth-order valence-electron chi connectivity index (χ4n) is 8.13. The van der Waals surface area contributed by atoms with Crippen molar-refractivity contribution in [2.45, 2.75) is 302 Å². The molecule has 344 valence electrons. The van der Waals surface area contributed by atoms with Crippen LogP contribution in [0.5, 0.6) is 0 Å². The van der Waals surface area contributed by atoms with E-state index in [2.05, 4.69) is 38.2 Å². The summed E-state index contributed by atoms with van der Waals surface area (Å²) in [7, 11) is 0. The van der Waals surface area contributed by atoms with Crippen molar-refractivity contribution in [1.82, 2.24) is 5.32 Å². The smallest absolute Gasteiger partial charge is 0.306 e. The molecular formula is C52H101NO5. The molecule has 3 unspecified atom stereocenters. The van der Waals surface area contributed by atoms with E-state index in [1.54, 1.807) is 0 Å². The van der Waals surface area contributed by atoms with Gasteiger partial charge in [-0.3, -0.25) is 9.59 Å². The predicted octanol–water partition coefficient (Wildman–Crippen LogP) is 15.3. The molecule has 0 aliphatic carbocycles. The molecule has 0 aromatic heterocycles. The normalized spacial score (nSPS) is 13.3. The Morgan fingerprint density at radius 3 is 1.26 bits per heavy atom. The number of carbonyl (C=O) groups excluding carboxylic acids is 2. The lowest BCUT2D eigenvalue weighted by atomic mass is 10.0. The summed E-state index contributed by atoms with van der Waals surface area (Å²) in [6.07, 6.45) is 51.3. The SMILES string of the molecule is CCCCC/C=C\CCCCCCCC(=O)OC(CCCCCCCCCCCCCCCCCCC)CC(=O)NC(CO)C(O)CCCCCCCCCCCC. The number of aliphatic hydroxyl groups excluding tert-OH is 2. The molecule has 0 aromatic carbocycles. The van der Waals surface area contributed by atoms with Gasteiger partial charge < -0.3 is 20.3 Å². The lowest BCUT2D eigenvalue weighted by Gasteiger charge is -2.24.